The lowest BCUT2D eigenvalue weighted by Crippen LogP contribution is -2.34. The quantitative estimate of drug-likeness (QED) is 0.761. The van der Waals surface area contributed by atoms with Crippen molar-refractivity contribution in [2.45, 2.75) is 6.10 Å². The fourth-order valence-electron chi connectivity index (χ4n) is 1.57. The van der Waals surface area contributed by atoms with Crippen molar-refractivity contribution < 1.29 is 13.9 Å². The van der Waals surface area contributed by atoms with Crippen LogP contribution in [0.5, 0.6) is 0 Å². The van der Waals surface area contributed by atoms with E-state index in [4.69, 9.17) is 15.2 Å². The molecule has 1 unspecified atom stereocenters. The van der Waals surface area contributed by atoms with Gasteiger partial charge in [0, 0.05) is 6.54 Å². The van der Waals surface area contributed by atoms with Crippen molar-refractivity contribution in [1.82, 2.24) is 0 Å². The third-order valence-electron chi connectivity index (χ3n) is 2.46. The molecular weight excluding hydrogens is 211 g/mol. The summed E-state index contributed by atoms with van der Waals surface area (Å²) < 4.78 is 23.8. The molecule has 16 heavy (non-hydrogen) atoms. The van der Waals surface area contributed by atoms with E-state index in [0.29, 0.717) is 32.1 Å². The summed E-state index contributed by atoms with van der Waals surface area (Å²) in [7, 11) is 0. The second-order valence-electron chi connectivity index (χ2n) is 3.65. The maximum atomic E-state index is 13.1. The van der Waals surface area contributed by atoms with E-state index in [2.05, 4.69) is 5.32 Å². The molecule has 0 bridgehead atoms. The summed E-state index contributed by atoms with van der Waals surface area (Å²) >= 11 is 0. The molecule has 0 aliphatic carbocycles. The van der Waals surface area contributed by atoms with Crippen LogP contribution in [0.15, 0.2) is 18.2 Å². The second kappa shape index (κ2) is 5.14. The number of anilines is 2. The van der Waals surface area contributed by atoms with E-state index in [-0.39, 0.29) is 11.8 Å². The molecule has 0 spiro atoms. The molecule has 1 saturated heterocycles. The van der Waals surface area contributed by atoms with Gasteiger partial charge in [-0.25, -0.2) is 4.39 Å². The van der Waals surface area contributed by atoms with Gasteiger partial charge in [0.1, 0.15) is 5.82 Å². The van der Waals surface area contributed by atoms with Crippen molar-refractivity contribution in [3.8, 4) is 0 Å². The summed E-state index contributed by atoms with van der Waals surface area (Å²) in [5, 5.41) is 3.05. The molecule has 0 radical (unpaired) electrons. The highest BCUT2D eigenvalue weighted by molar-refractivity contribution is 5.66. The Kier molecular flexibility index (Phi) is 3.58. The van der Waals surface area contributed by atoms with Crippen LogP contribution < -0.4 is 11.1 Å². The number of ether oxygens (including phenoxy) is 2. The minimum absolute atomic E-state index is 0.00332. The van der Waals surface area contributed by atoms with Gasteiger partial charge in [0.05, 0.1) is 37.3 Å². The number of nitrogens with one attached hydrogen (secondary N) is 1. The Morgan fingerprint density at radius 1 is 1.44 bits per heavy atom. The molecule has 1 aromatic carbocycles. The molecule has 2 rings (SSSR count). The molecule has 1 aliphatic rings. The topological polar surface area (TPSA) is 56.5 Å². The summed E-state index contributed by atoms with van der Waals surface area (Å²) in [5.41, 5.74) is 6.32. The normalized spacial score (nSPS) is 20.7. The zero-order valence-electron chi connectivity index (χ0n) is 8.91. The molecule has 1 atom stereocenters. The first-order valence-corrected chi connectivity index (χ1v) is 5.24. The maximum Gasteiger partial charge on any atom is 0.148 e. The Balaban J connectivity index is 1.91. The van der Waals surface area contributed by atoms with E-state index in [0.717, 1.165) is 0 Å². The van der Waals surface area contributed by atoms with Crippen LogP contribution in [0.3, 0.4) is 0 Å². The SMILES string of the molecule is Nc1c(F)cccc1NCC1COCCO1. The fourth-order valence-corrected chi connectivity index (χ4v) is 1.57. The van der Waals surface area contributed by atoms with Crippen molar-refractivity contribution in [2.24, 2.45) is 0 Å². The summed E-state index contributed by atoms with van der Waals surface area (Å²) in [6.45, 7) is 2.36. The third kappa shape index (κ3) is 2.62. The number of halogens is 1. The van der Waals surface area contributed by atoms with Crippen molar-refractivity contribution >= 4 is 11.4 Å². The van der Waals surface area contributed by atoms with E-state index in [1.165, 1.54) is 6.07 Å². The lowest BCUT2D eigenvalue weighted by molar-refractivity contribution is -0.0818. The maximum absolute atomic E-state index is 13.1. The van der Waals surface area contributed by atoms with E-state index in [1.807, 2.05) is 0 Å². The summed E-state index contributed by atoms with van der Waals surface area (Å²) in [6, 6.07) is 4.69. The molecule has 3 N–H and O–H groups in total. The van der Waals surface area contributed by atoms with Crippen LogP contribution in [0.2, 0.25) is 0 Å². The second-order valence-corrected chi connectivity index (χ2v) is 3.65. The zero-order chi connectivity index (χ0) is 11.4. The Morgan fingerprint density at radius 2 is 2.31 bits per heavy atom. The fraction of sp³-hybridized carbons (Fsp3) is 0.455. The van der Waals surface area contributed by atoms with Crippen LogP contribution in [0.25, 0.3) is 0 Å². The number of rotatable bonds is 3. The first kappa shape index (κ1) is 11.2. The molecule has 0 aromatic heterocycles. The third-order valence-corrected chi connectivity index (χ3v) is 2.46. The van der Waals surface area contributed by atoms with E-state index >= 15 is 0 Å². The van der Waals surface area contributed by atoms with Crippen molar-refractivity contribution in [3.63, 3.8) is 0 Å². The highest BCUT2D eigenvalue weighted by Gasteiger charge is 2.14. The molecule has 88 valence electrons. The van der Waals surface area contributed by atoms with Gasteiger partial charge in [-0.3, -0.25) is 0 Å². The van der Waals surface area contributed by atoms with E-state index < -0.39 is 5.82 Å². The molecule has 1 heterocycles. The number of hydrogen-bond acceptors (Lipinski definition) is 4. The van der Waals surface area contributed by atoms with Gasteiger partial charge in [-0.15, -0.1) is 0 Å². The van der Waals surface area contributed by atoms with Crippen molar-refractivity contribution in [2.75, 3.05) is 37.4 Å². The Morgan fingerprint density at radius 3 is 3.06 bits per heavy atom. The van der Waals surface area contributed by atoms with Gasteiger partial charge >= 0.3 is 0 Å². The number of hydrogen-bond donors (Lipinski definition) is 2. The molecule has 1 fully saturated rings. The molecular formula is C11H15FN2O2. The van der Waals surface area contributed by atoms with Gasteiger partial charge < -0.3 is 20.5 Å². The van der Waals surface area contributed by atoms with Crippen molar-refractivity contribution in [1.29, 1.82) is 0 Å². The van der Waals surface area contributed by atoms with Crippen LogP contribution in [0.1, 0.15) is 0 Å². The predicted octanol–water partition coefficient (Wildman–Crippen LogP) is 1.24. The summed E-state index contributed by atoms with van der Waals surface area (Å²) in [5.74, 6) is -0.411. The van der Waals surface area contributed by atoms with Crippen LogP contribution in [0.4, 0.5) is 15.8 Å². The monoisotopic (exact) mass is 226 g/mol. The summed E-state index contributed by atoms with van der Waals surface area (Å²) in [4.78, 5) is 0. The number of benzene rings is 1. The van der Waals surface area contributed by atoms with Crippen LogP contribution in [0, 0.1) is 5.82 Å². The van der Waals surface area contributed by atoms with Gasteiger partial charge in [-0.2, -0.15) is 0 Å². The van der Waals surface area contributed by atoms with E-state index in [9.17, 15) is 4.39 Å². The van der Waals surface area contributed by atoms with Crippen molar-refractivity contribution in [3.05, 3.63) is 24.0 Å². The average molecular weight is 226 g/mol. The average Bonchev–Trinajstić information content (AvgIpc) is 2.32. The lowest BCUT2D eigenvalue weighted by Gasteiger charge is -2.23. The first-order valence-electron chi connectivity index (χ1n) is 5.24. The molecule has 0 amide bonds. The molecule has 0 saturated carbocycles. The standard InChI is InChI=1S/C11H15FN2O2/c12-9-2-1-3-10(11(9)13)14-6-8-7-15-4-5-16-8/h1-3,8,14H,4-7,13H2. The Bertz CT molecular complexity index is 354. The first-order chi connectivity index (χ1) is 7.77. The molecule has 1 aliphatic heterocycles. The highest BCUT2D eigenvalue weighted by Crippen LogP contribution is 2.21. The van der Waals surface area contributed by atoms with Crippen LogP contribution in [-0.2, 0) is 9.47 Å². The largest absolute Gasteiger partial charge is 0.395 e. The van der Waals surface area contributed by atoms with Gasteiger partial charge in [0.25, 0.3) is 0 Å². The lowest BCUT2D eigenvalue weighted by atomic mass is 10.2. The Labute approximate surface area is 93.5 Å². The molecule has 5 heteroatoms. The zero-order valence-corrected chi connectivity index (χ0v) is 8.91. The Hall–Kier alpha value is -1.33. The molecule has 1 aromatic rings. The predicted molar refractivity (Wildman–Crippen MR) is 59.9 cm³/mol. The van der Waals surface area contributed by atoms with Gasteiger partial charge in [0.2, 0.25) is 0 Å². The van der Waals surface area contributed by atoms with Crippen LogP contribution >= 0.6 is 0 Å². The van der Waals surface area contributed by atoms with E-state index in [1.54, 1.807) is 12.1 Å². The van der Waals surface area contributed by atoms with Crippen LogP contribution in [-0.4, -0.2) is 32.5 Å². The minimum atomic E-state index is -0.411. The highest BCUT2D eigenvalue weighted by atomic mass is 19.1. The number of nitrogen functional groups attached to an aromatic ring is 1. The number of para-hydroxylation sites is 1. The van der Waals surface area contributed by atoms with Gasteiger partial charge in [0.15, 0.2) is 0 Å². The summed E-state index contributed by atoms with van der Waals surface area (Å²) in [6.07, 6.45) is -0.00332. The smallest absolute Gasteiger partial charge is 0.148 e. The minimum Gasteiger partial charge on any atom is -0.395 e. The number of nitrogens with two attached hydrogens (primary N) is 1. The van der Waals surface area contributed by atoms with Gasteiger partial charge in [-0.1, -0.05) is 6.07 Å². The van der Waals surface area contributed by atoms with Gasteiger partial charge in [-0.05, 0) is 12.1 Å². The molecule has 4 nitrogen and oxygen atoms in total.